The molecular weight excluding hydrogens is 364 g/mol. The van der Waals surface area contributed by atoms with Crippen LogP contribution in [0.4, 0.5) is 0 Å². The molecule has 0 atom stereocenters. The average molecular weight is 375 g/mol. The maximum Gasteiger partial charge on any atom is 0.253 e. The van der Waals surface area contributed by atoms with Crippen molar-refractivity contribution in [3.05, 3.63) is 63.4 Å². The topological polar surface area (TPSA) is 67.8 Å². The van der Waals surface area contributed by atoms with Crippen molar-refractivity contribution in [3.8, 4) is 11.3 Å². The summed E-state index contributed by atoms with van der Waals surface area (Å²) in [7, 11) is 0. The third-order valence-electron chi connectivity index (χ3n) is 2.95. The first-order valence-electron chi connectivity index (χ1n) is 6.45. The summed E-state index contributed by atoms with van der Waals surface area (Å²) >= 11 is 4.90. The number of amides is 1. The standard InChI is InChI=1S/C15H11BrN4OS/c16-12-5-11(6-17-7-12)15(21)20-8-13-14(19-3-2-18-13)10-1-4-22-9-10/h1-7,9H,8H2,(H,20,21). The maximum atomic E-state index is 12.1. The molecule has 0 saturated heterocycles. The first kappa shape index (κ1) is 14.8. The number of rotatable bonds is 4. The molecule has 0 fully saturated rings. The van der Waals surface area contributed by atoms with Crippen LogP contribution in [0.5, 0.6) is 0 Å². The summed E-state index contributed by atoms with van der Waals surface area (Å²) in [5.74, 6) is -0.198. The normalized spacial score (nSPS) is 10.4. The van der Waals surface area contributed by atoms with Gasteiger partial charge in [0.2, 0.25) is 0 Å². The highest BCUT2D eigenvalue weighted by atomic mass is 79.9. The quantitative estimate of drug-likeness (QED) is 0.760. The lowest BCUT2D eigenvalue weighted by molar-refractivity contribution is 0.0950. The van der Waals surface area contributed by atoms with Crippen LogP contribution in [0.3, 0.4) is 0 Å². The van der Waals surface area contributed by atoms with Crippen LogP contribution < -0.4 is 5.32 Å². The van der Waals surface area contributed by atoms with Gasteiger partial charge in [-0.2, -0.15) is 11.3 Å². The van der Waals surface area contributed by atoms with E-state index in [4.69, 9.17) is 0 Å². The van der Waals surface area contributed by atoms with Gasteiger partial charge >= 0.3 is 0 Å². The number of hydrogen-bond donors (Lipinski definition) is 1. The number of hydrogen-bond acceptors (Lipinski definition) is 5. The lowest BCUT2D eigenvalue weighted by Crippen LogP contribution is -2.24. The molecule has 0 unspecified atom stereocenters. The number of aromatic nitrogens is 3. The Morgan fingerprint density at radius 3 is 2.91 bits per heavy atom. The van der Waals surface area contributed by atoms with Crippen LogP contribution in [-0.4, -0.2) is 20.9 Å². The molecule has 0 aliphatic heterocycles. The summed E-state index contributed by atoms with van der Waals surface area (Å²) in [6.07, 6.45) is 6.43. The van der Waals surface area contributed by atoms with Gasteiger partial charge in [-0.05, 0) is 33.4 Å². The lowest BCUT2D eigenvalue weighted by Gasteiger charge is -2.08. The molecule has 0 aliphatic carbocycles. The van der Waals surface area contributed by atoms with Gasteiger partial charge in [0, 0.05) is 40.2 Å². The molecule has 1 amide bonds. The first-order valence-corrected chi connectivity index (χ1v) is 8.19. The minimum atomic E-state index is -0.198. The highest BCUT2D eigenvalue weighted by molar-refractivity contribution is 9.10. The fourth-order valence-electron chi connectivity index (χ4n) is 1.94. The summed E-state index contributed by atoms with van der Waals surface area (Å²) in [5.41, 5.74) is 3.02. The zero-order valence-electron chi connectivity index (χ0n) is 11.4. The van der Waals surface area contributed by atoms with Crippen LogP contribution in [0.25, 0.3) is 11.3 Å². The van der Waals surface area contributed by atoms with Crippen molar-refractivity contribution in [2.24, 2.45) is 0 Å². The molecule has 0 aliphatic rings. The lowest BCUT2D eigenvalue weighted by atomic mass is 10.2. The van der Waals surface area contributed by atoms with Crippen LogP contribution in [0.15, 0.2) is 52.2 Å². The van der Waals surface area contributed by atoms with E-state index in [0.717, 1.165) is 21.4 Å². The van der Waals surface area contributed by atoms with Crippen molar-refractivity contribution < 1.29 is 4.79 Å². The van der Waals surface area contributed by atoms with E-state index in [1.165, 1.54) is 6.20 Å². The van der Waals surface area contributed by atoms with Crippen molar-refractivity contribution in [2.75, 3.05) is 0 Å². The molecule has 0 radical (unpaired) electrons. The van der Waals surface area contributed by atoms with Crippen molar-refractivity contribution >= 4 is 33.2 Å². The van der Waals surface area contributed by atoms with E-state index in [2.05, 4.69) is 36.2 Å². The molecule has 0 aromatic carbocycles. The van der Waals surface area contributed by atoms with Gasteiger partial charge in [0.25, 0.3) is 5.91 Å². The van der Waals surface area contributed by atoms with E-state index >= 15 is 0 Å². The maximum absolute atomic E-state index is 12.1. The highest BCUT2D eigenvalue weighted by Gasteiger charge is 2.11. The van der Waals surface area contributed by atoms with Crippen LogP contribution in [0, 0.1) is 0 Å². The second-order valence-electron chi connectivity index (χ2n) is 4.44. The average Bonchev–Trinajstić information content (AvgIpc) is 3.07. The van der Waals surface area contributed by atoms with E-state index in [-0.39, 0.29) is 5.91 Å². The first-order chi connectivity index (χ1) is 10.7. The number of carbonyl (C=O) groups excluding carboxylic acids is 1. The molecule has 22 heavy (non-hydrogen) atoms. The smallest absolute Gasteiger partial charge is 0.253 e. The second kappa shape index (κ2) is 6.76. The Hall–Kier alpha value is -2.12. The van der Waals surface area contributed by atoms with E-state index in [9.17, 15) is 4.79 Å². The van der Waals surface area contributed by atoms with Crippen molar-refractivity contribution in [1.82, 2.24) is 20.3 Å². The SMILES string of the molecule is O=C(NCc1nccnc1-c1ccsc1)c1cncc(Br)c1. The van der Waals surface area contributed by atoms with Crippen molar-refractivity contribution in [2.45, 2.75) is 6.54 Å². The van der Waals surface area contributed by atoms with Gasteiger partial charge < -0.3 is 5.32 Å². The third kappa shape index (κ3) is 3.37. The summed E-state index contributed by atoms with van der Waals surface area (Å²) in [6.45, 7) is 0.310. The van der Waals surface area contributed by atoms with Crippen LogP contribution in [-0.2, 0) is 6.54 Å². The fraction of sp³-hybridized carbons (Fsp3) is 0.0667. The van der Waals surface area contributed by atoms with E-state index in [0.29, 0.717) is 12.1 Å². The number of halogens is 1. The number of carbonyl (C=O) groups is 1. The van der Waals surface area contributed by atoms with Gasteiger partial charge in [-0.25, -0.2) is 0 Å². The zero-order valence-corrected chi connectivity index (χ0v) is 13.8. The van der Waals surface area contributed by atoms with Crippen LogP contribution in [0.1, 0.15) is 16.1 Å². The molecule has 0 saturated carbocycles. The summed E-state index contributed by atoms with van der Waals surface area (Å²) in [5, 5.41) is 6.84. The van der Waals surface area contributed by atoms with Crippen LogP contribution in [0.2, 0.25) is 0 Å². The Bertz CT molecular complexity index is 792. The van der Waals surface area contributed by atoms with Gasteiger partial charge in [-0.15, -0.1) is 0 Å². The van der Waals surface area contributed by atoms with Crippen molar-refractivity contribution in [1.29, 1.82) is 0 Å². The Kier molecular flexibility index (Phi) is 4.55. The molecule has 110 valence electrons. The highest BCUT2D eigenvalue weighted by Crippen LogP contribution is 2.22. The molecule has 7 heteroatoms. The number of nitrogens with one attached hydrogen (secondary N) is 1. The van der Waals surface area contributed by atoms with Gasteiger partial charge in [0.1, 0.15) is 0 Å². The molecule has 5 nitrogen and oxygen atoms in total. The largest absolute Gasteiger partial charge is 0.346 e. The molecule has 3 rings (SSSR count). The Morgan fingerprint density at radius 1 is 1.27 bits per heavy atom. The minimum Gasteiger partial charge on any atom is -0.346 e. The van der Waals surface area contributed by atoms with E-state index in [1.54, 1.807) is 36.0 Å². The predicted octanol–water partition coefficient (Wildman–Crippen LogP) is 3.29. The van der Waals surface area contributed by atoms with E-state index < -0.39 is 0 Å². The zero-order chi connectivity index (χ0) is 15.4. The van der Waals surface area contributed by atoms with Gasteiger partial charge in [0.15, 0.2) is 0 Å². The molecular formula is C15H11BrN4OS. The van der Waals surface area contributed by atoms with Gasteiger partial charge in [-0.1, -0.05) is 0 Å². The van der Waals surface area contributed by atoms with Crippen molar-refractivity contribution in [3.63, 3.8) is 0 Å². The summed E-state index contributed by atoms with van der Waals surface area (Å²) in [6, 6.07) is 3.71. The molecule has 3 heterocycles. The second-order valence-corrected chi connectivity index (χ2v) is 6.13. The van der Waals surface area contributed by atoms with Crippen LogP contribution >= 0.6 is 27.3 Å². The third-order valence-corrected chi connectivity index (χ3v) is 4.07. The molecule has 0 bridgehead atoms. The van der Waals surface area contributed by atoms with Gasteiger partial charge in [0.05, 0.1) is 23.5 Å². The fourth-order valence-corrected chi connectivity index (χ4v) is 2.94. The molecule has 0 spiro atoms. The molecule has 3 aromatic heterocycles. The number of nitrogens with zero attached hydrogens (tertiary/aromatic N) is 3. The Balaban J connectivity index is 1.76. The number of thiophene rings is 1. The minimum absolute atomic E-state index is 0.198. The molecule has 3 aromatic rings. The predicted molar refractivity (Wildman–Crippen MR) is 88.5 cm³/mol. The Morgan fingerprint density at radius 2 is 2.14 bits per heavy atom. The Labute approximate surface area is 139 Å². The van der Waals surface area contributed by atoms with E-state index in [1.807, 2.05) is 16.8 Å². The van der Waals surface area contributed by atoms with Gasteiger partial charge in [-0.3, -0.25) is 19.7 Å². The summed E-state index contributed by atoms with van der Waals surface area (Å²) < 4.78 is 0.763. The summed E-state index contributed by atoms with van der Waals surface area (Å²) in [4.78, 5) is 24.8. The monoisotopic (exact) mass is 374 g/mol. The molecule has 1 N–H and O–H groups in total. The number of pyridine rings is 1.